The first kappa shape index (κ1) is 11.7. The third kappa shape index (κ3) is 2.03. The van der Waals surface area contributed by atoms with Crippen molar-refractivity contribution in [1.29, 1.82) is 0 Å². The van der Waals surface area contributed by atoms with E-state index in [0.29, 0.717) is 5.92 Å². The molecule has 3 rings (SSSR count). The second-order valence-electron chi connectivity index (χ2n) is 4.86. The molecule has 1 aliphatic heterocycles. The molecule has 1 atom stereocenters. The maximum atomic E-state index is 4.51. The Balaban J connectivity index is 2.11. The van der Waals surface area contributed by atoms with E-state index in [1.54, 1.807) is 0 Å². The Morgan fingerprint density at radius 2 is 2.06 bits per heavy atom. The molecule has 1 aliphatic rings. The highest BCUT2D eigenvalue weighted by molar-refractivity contribution is 9.10. The van der Waals surface area contributed by atoms with Gasteiger partial charge in [0.1, 0.15) is 5.82 Å². The number of para-hydroxylation sites is 1. The summed E-state index contributed by atoms with van der Waals surface area (Å²) in [5, 5.41) is 0. The molecule has 2 heterocycles. The van der Waals surface area contributed by atoms with Crippen LogP contribution in [0, 0.1) is 5.92 Å². The zero-order chi connectivity index (χ0) is 12.5. The number of hydrogen-bond donors (Lipinski definition) is 0. The predicted octanol–water partition coefficient (Wildman–Crippen LogP) is 4.17. The van der Waals surface area contributed by atoms with E-state index >= 15 is 0 Å². The lowest BCUT2D eigenvalue weighted by atomic mass is 9.94. The van der Waals surface area contributed by atoms with Crippen LogP contribution in [-0.2, 0) is 6.42 Å². The number of hydrogen-bond acceptors (Lipinski definition) is 2. The van der Waals surface area contributed by atoms with Gasteiger partial charge < -0.3 is 4.90 Å². The number of pyridine rings is 1. The topological polar surface area (TPSA) is 16.1 Å². The smallest absolute Gasteiger partial charge is 0.147 e. The Labute approximate surface area is 116 Å². The van der Waals surface area contributed by atoms with E-state index in [0.717, 1.165) is 23.3 Å². The van der Waals surface area contributed by atoms with Crippen LogP contribution in [0.2, 0.25) is 0 Å². The van der Waals surface area contributed by atoms with E-state index in [9.17, 15) is 0 Å². The Kier molecular flexibility index (Phi) is 3.08. The maximum absolute atomic E-state index is 4.51. The SMILES string of the molecule is CC1Cc2ccccc2N(c2ncccc2Br)C1. The van der Waals surface area contributed by atoms with Gasteiger partial charge in [-0.25, -0.2) is 4.98 Å². The van der Waals surface area contributed by atoms with Gasteiger partial charge >= 0.3 is 0 Å². The molecule has 0 spiro atoms. The van der Waals surface area contributed by atoms with Gasteiger partial charge in [0.15, 0.2) is 0 Å². The summed E-state index contributed by atoms with van der Waals surface area (Å²) < 4.78 is 1.05. The standard InChI is InChI=1S/C15H15BrN2/c1-11-9-12-5-2-3-7-14(12)18(10-11)15-13(16)6-4-8-17-15/h2-8,11H,9-10H2,1H3. The van der Waals surface area contributed by atoms with E-state index in [4.69, 9.17) is 0 Å². The van der Waals surface area contributed by atoms with Gasteiger partial charge in [-0.2, -0.15) is 0 Å². The van der Waals surface area contributed by atoms with Crippen LogP contribution in [0.5, 0.6) is 0 Å². The van der Waals surface area contributed by atoms with Gasteiger partial charge in [-0.15, -0.1) is 0 Å². The van der Waals surface area contributed by atoms with Crippen LogP contribution in [0.15, 0.2) is 47.1 Å². The first-order valence-corrected chi connectivity index (χ1v) is 7.01. The lowest BCUT2D eigenvalue weighted by Crippen LogP contribution is -2.31. The molecule has 2 aromatic rings. The average molecular weight is 303 g/mol. The fourth-order valence-electron chi connectivity index (χ4n) is 2.57. The highest BCUT2D eigenvalue weighted by atomic mass is 79.9. The molecule has 0 fully saturated rings. The van der Waals surface area contributed by atoms with Gasteiger partial charge in [0.25, 0.3) is 0 Å². The second-order valence-corrected chi connectivity index (χ2v) is 5.71. The summed E-state index contributed by atoms with van der Waals surface area (Å²) in [5.74, 6) is 1.66. The van der Waals surface area contributed by atoms with Crippen molar-refractivity contribution in [1.82, 2.24) is 4.98 Å². The molecular formula is C15H15BrN2. The van der Waals surface area contributed by atoms with Gasteiger partial charge in [0.05, 0.1) is 4.47 Å². The van der Waals surface area contributed by atoms with Crippen molar-refractivity contribution in [2.24, 2.45) is 5.92 Å². The Morgan fingerprint density at radius 1 is 1.22 bits per heavy atom. The Bertz CT molecular complexity index is 568. The number of benzene rings is 1. The predicted molar refractivity (Wildman–Crippen MR) is 78.3 cm³/mol. The summed E-state index contributed by atoms with van der Waals surface area (Å²) in [6.07, 6.45) is 3.00. The highest BCUT2D eigenvalue weighted by Crippen LogP contribution is 2.37. The van der Waals surface area contributed by atoms with E-state index < -0.39 is 0 Å². The quantitative estimate of drug-likeness (QED) is 0.786. The third-order valence-electron chi connectivity index (χ3n) is 3.34. The number of fused-ring (bicyclic) bond motifs is 1. The summed E-state index contributed by atoms with van der Waals surface area (Å²) in [5.41, 5.74) is 2.70. The first-order chi connectivity index (χ1) is 8.75. The highest BCUT2D eigenvalue weighted by Gasteiger charge is 2.24. The lowest BCUT2D eigenvalue weighted by Gasteiger charge is -2.34. The fraction of sp³-hybridized carbons (Fsp3) is 0.267. The number of halogens is 1. The van der Waals surface area contributed by atoms with Crippen LogP contribution in [0.3, 0.4) is 0 Å². The molecule has 0 saturated carbocycles. The van der Waals surface area contributed by atoms with Crippen LogP contribution >= 0.6 is 15.9 Å². The van der Waals surface area contributed by atoms with E-state index in [-0.39, 0.29) is 0 Å². The van der Waals surface area contributed by atoms with Gasteiger partial charge in [0, 0.05) is 18.4 Å². The molecule has 1 aromatic carbocycles. The number of anilines is 2. The van der Waals surface area contributed by atoms with Gasteiger partial charge in [-0.05, 0) is 52.0 Å². The van der Waals surface area contributed by atoms with Crippen LogP contribution in [0.25, 0.3) is 0 Å². The number of nitrogens with zero attached hydrogens (tertiary/aromatic N) is 2. The largest absolute Gasteiger partial charge is 0.325 e. The summed E-state index contributed by atoms with van der Waals surface area (Å²) in [6.45, 7) is 3.31. The molecule has 0 saturated heterocycles. The van der Waals surface area contributed by atoms with Crippen molar-refractivity contribution < 1.29 is 0 Å². The Morgan fingerprint density at radius 3 is 2.89 bits per heavy atom. The fourth-order valence-corrected chi connectivity index (χ4v) is 3.04. The molecule has 2 nitrogen and oxygen atoms in total. The molecule has 1 aromatic heterocycles. The maximum Gasteiger partial charge on any atom is 0.147 e. The van der Waals surface area contributed by atoms with Crippen molar-refractivity contribution in [3.05, 3.63) is 52.6 Å². The monoisotopic (exact) mass is 302 g/mol. The molecule has 1 unspecified atom stereocenters. The second kappa shape index (κ2) is 4.73. The number of aromatic nitrogens is 1. The van der Waals surface area contributed by atoms with E-state index in [1.165, 1.54) is 11.3 Å². The van der Waals surface area contributed by atoms with Crippen LogP contribution < -0.4 is 4.90 Å². The van der Waals surface area contributed by atoms with Crippen LogP contribution in [-0.4, -0.2) is 11.5 Å². The van der Waals surface area contributed by atoms with Crippen LogP contribution in [0.4, 0.5) is 11.5 Å². The summed E-state index contributed by atoms with van der Waals surface area (Å²) in [7, 11) is 0. The third-order valence-corrected chi connectivity index (χ3v) is 3.96. The summed E-state index contributed by atoms with van der Waals surface area (Å²) in [4.78, 5) is 6.83. The molecule has 0 N–H and O–H groups in total. The normalized spacial score (nSPS) is 18.6. The molecular weight excluding hydrogens is 288 g/mol. The number of rotatable bonds is 1. The van der Waals surface area contributed by atoms with Gasteiger partial charge in [-0.1, -0.05) is 25.1 Å². The minimum Gasteiger partial charge on any atom is -0.325 e. The van der Waals surface area contributed by atoms with Gasteiger partial charge in [0.2, 0.25) is 0 Å². The molecule has 0 aliphatic carbocycles. The summed E-state index contributed by atoms with van der Waals surface area (Å²) in [6, 6.07) is 12.6. The van der Waals surface area contributed by atoms with Crippen molar-refractivity contribution in [3.63, 3.8) is 0 Å². The minimum absolute atomic E-state index is 0.647. The van der Waals surface area contributed by atoms with Crippen molar-refractivity contribution in [2.45, 2.75) is 13.3 Å². The molecule has 0 amide bonds. The Hall–Kier alpha value is -1.35. The molecule has 0 radical (unpaired) electrons. The average Bonchev–Trinajstić information content (AvgIpc) is 2.38. The molecule has 0 bridgehead atoms. The summed E-state index contributed by atoms with van der Waals surface area (Å²) >= 11 is 3.60. The van der Waals surface area contributed by atoms with Gasteiger partial charge in [-0.3, -0.25) is 0 Å². The molecule has 92 valence electrons. The van der Waals surface area contributed by atoms with Crippen molar-refractivity contribution in [3.8, 4) is 0 Å². The molecule has 18 heavy (non-hydrogen) atoms. The zero-order valence-corrected chi connectivity index (χ0v) is 11.9. The van der Waals surface area contributed by atoms with Crippen molar-refractivity contribution in [2.75, 3.05) is 11.4 Å². The first-order valence-electron chi connectivity index (χ1n) is 6.21. The molecule has 3 heteroatoms. The lowest BCUT2D eigenvalue weighted by molar-refractivity contribution is 0.560. The van der Waals surface area contributed by atoms with Crippen LogP contribution in [0.1, 0.15) is 12.5 Å². The van der Waals surface area contributed by atoms with E-state index in [2.05, 4.69) is 57.0 Å². The zero-order valence-electron chi connectivity index (χ0n) is 10.3. The minimum atomic E-state index is 0.647. The van der Waals surface area contributed by atoms with E-state index in [1.807, 2.05) is 18.3 Å². The van der Waals surface area contributed by atoms with Crippen molar-refractivity contribution >= 4 is 27.4 Å².